The molecular weight excluding hydrogens is 238 g/mol. The van der Waals surface area contributed by atoms with Crippen LogP contribution < -0.4 is 0 Å². The maximum atomic E-state index is 12.2. The van der Waals surface area contributed by atoms with Crippen LogP contribution >= 0.6 is 0 Å². The van der Waals surface area contributed by atoms with Crippen LogP contribution in [0.2, 0.25) is 0 Å². The average Bonchev–Trinajstić information content (AvgIpc) is 2.44. The molecule has 1 aliphatic rings. The Morgan fingerprint density at radius 3 is 2.21 bits per heavy atom. The van der Waals surface area contributed by atoms with Crippen molar-refractivity contribution in [1.82, 2.24) is 4.90 Å². The Hall–Kier alpha value is -1.55. The van der Waals surface area contributed by atoms with E-state index in [4.69, 9.17) is 10.5 Å². The number of nitriles is 2. The summed E-state index contributed by atoms with van der Waals surface area (Å²) in [4.78, 5) is 13.6. The van der Waals surface area contributed by atoms with Gasteiger partial charge in [0.15, 0.2) is 0 Å². The molecule has 19 heavy (non-hydrogen) atoms. The molecule has 0 spiro atoms. The smallest absolute Gasteiger partial charge is 0.227 e. The zero-order valence-electron chi connectivity index (χ0n) is 11.8. The molecule has 0 aromatic heterocycles. The highest BCUT2D eigenvalue weighted by atomic mass is 16.2. The van der Waals surface area contributed by atoms with Crippen molar-refractivity contribution in [1.29, 1.82) is 10.5 Å². The van der Waals surface area contributed by atoms with Crippen LogP contribution in [0.4, 0.5) is 0 Å². The lowest BCUT2D eigenvalue weighted by Gasteiger charge is -2.30. The number of amides is 1. The third-order valence-electron chi connectivity index (χ3n) is 4.00. The second-order valence-electron chi connectivity index (χ2n) is 5.37. The summed E-state index contributed by atoms with van der Waals surface area (Å²) in [6.07, 6.45) is 7.85. The number of carbonyl (C=O) groups excluding carboxylic acids is 1. The SMILES string of the molecule is CCCCC1CCC(C(=O)N(CC#N)CC#N)CC1. The highest BCUT2D eigenvalue weighted by molar-refractivity contribution is 5.79. The normalized spacial score (nSPS) is 22.3. The first-order chi connectivity index (χ1) is 9.22. The van der Waals surface area contributed by atoms with Crippen LogP contribution in [0.15, 0.2) is 0 Å². The molecule has 0 heterocycles. The number of nitrogens with zero attached hydrogens (tertiary/aromatic N) is 3. The van der Waals surface area contributed by atoms with Crippen molar-refractivity contribution >= 4 is 5.91 Å². The first kappa shape index (κ1) is 15.5. The Kier molecular flexibility index (Phi) is 6.97. The zero-order chi connectivity index (χ0) is 14.1. The lowest BCUT2D eigenvalue weighted by atomic mass is 9.79. The zero-order valence-corrected chi connectivity index (χ0v) is 11.8. The fraction of sp³-hybridized carbons (Fsp3) is 0.800. The Labute approximate surface area is 116 Å². The quantitative estimate of drug-likeness (QED) is 0.690. The average molecular weight is 261 g/mol. The minimum Gasteiger partial charge on any atom is -0.316 e. The standard InChI is InChI=1S/C15H23N3O/c1-2-3-4-13-5-7-14(8-6-13)15(19)18(11-9-16)12-10-17/h13-14H,2-8,11-12H2,1H3. The topological polar surface area (TPSA) is 67.9 Å². The molecule has 0 saturated heterocycles. The van der Waals surface area contributed by atoms with E-state index in [1.807, 2.05) is 12.1 Å². The molecule has 0 N–H and O–H groups in total. The van der Waals surface area contributed by atoms with Gasteiger partial charge in [-0.2, -0.15) is 10.5 Å². The van der Waals surface area contributed by atoms with E-state index >= 15 is 0 Å². The van der Waals surface area contributed by atoms with Crippen LogP contribution in [0, 0.1) is 34.5 Å². The first-order valence-electron chi connectivity index (χ1n) is 7.25. The van der Waals surface area contributed by atoms with Gasteiger partial charge >= 0.3 is 0 Å². The van der Waals surface area contributed by atoms with Crippen molar-refractivity contribution < 1.29 is 4.79 Å². The van der Waals surface area contributed by atoms with Gasteiger partial charge in [0.2, 0.25) is 5.91 Å². The highest BCUT2D eigenvalue weighted by Gasteiger charge is 2.29. The van der Waals surface area contributed by atoms with Crippen molar-refractivity contribution in [3.05, 3.63) is 0 Å². The molecule has 0 aliphatic heterocycles. The molecule has 0 atom stereocenters. The molecule has 4 heteroatoms. The summed E-state index contributed by atoms with van der Waals surface area (Å²) in [7, 11) is 0. The van der Waals surface area contributed by atoms with E-state index in [2.05, 4.69) is 6.92 Å². The van der Waals surface area contributed by atoms with Crippen molar-refractivity contribution in [3.8, 4) is 12.1 Å². The van der Waals surface area contributed by atoms with Crippen LogP contribution in [-0.2, 0) is 4.79 Å². The van der Waals surface area contributed by atoms with Gasteiger partial charge in [0.25, 0.3) is 0 Å². The molecule has 0 aromatic carbocycles. The minimum atomic E-state index is -0.00274. The predicted molar refractivity (Wildman–Crippen MR) is 72.8 cm³/mol. The second-order valence-corrected chi connectivity index (χ2v) is 5.37. The van der Waals surface area contributed by atoms with Crippen molar-refractivity contribution in [2.75, 3.05) is 13.1 Å². The van der Waals surface area contributed by atoms with Gasteiger partial charge in [-0.15, -0.1) is 0 Å². The number of unbranched alkanes of at least 4 members (excludes halogenated alkanes) is 1. The molecule has 1 saturated carbocycles. The lowest BCUT2D eigenvalue weighted by molar-refractivity contribution is -0.135. The monoisotopic (exact) mass is 261 g/mol. The Morgan fingerprint density at radius 2 is 1.74 bits per heavy atom. The lowest BCUT2D eigenvalue weighted by Crippen LogP contribution is -2.38. The molecule has 1 fully saturated rings. The summed E-state index contributed by atoms with van der Waals surface area (Å²) in [5.74, 6) is 0.793. The third kappa shape index (κ3) is 4.91. The maximum Gasteiger partial charge on any atom is 0.227 e. The first-order valence-corrected chi connectivity index (χ1v) is 7.25. The molecule has 4 nitrogen and oxygen atoms in total. The van der Waals surface area contributed by atoms with E-state index in [1.165, 1.54) is 24.2 Å². The van der Waals surface area contributed by atoms with Crippen LogP contribution in [0.1, 0.15) is 51.9 Å². The molecule has 1 rings (SSSR count). The van der Waals surface area contributed by atoms with Gasteiger partial charge in [0.1, 0.15) is 13.1 Å². The molecule has 1 amide bonds. The van der Waals surface area contributed by atoms with Gasteiger partial charge in [-0.05, 0) is 31.6 Å². The summed E-state index contributed by atoms with van der Waals surface area (Å²) < 4.78 is 0. The van der Waals surface area contributed by atoms with E-state index < -0.39 is 0 Å². The van der Waals surface area contributed by atoms with Gasteiger partial charge < -0.3 is 4.90 Å². The summed E-state index contributed by atoms with van der Waals surface area (Å²) in [6, 6.07) is 3.93. The molecule has 0 bridgehead atoms. The molecule has 104 valence electrons. The third-order valence-corrected chi connectivity index (χ3v) is 4.00. The largest absolute Gasteiger partial charge is 0.316 e. The van der Waals surface area contributed by atoms with Gasteiger partial charge in [0.05, 0.1) is 12.1 Å². The predicted octanol–water partition coefficient (Wildman–Crippen LogP) is 2.86. The number of hydrogen-bond acceptors (Lipinski definition) is 3. The van der Waals surface area contributed by atoms with Crippen LogP contribution in [0.3, 0.4) is 0 Å². The minimum absolute atomic E-state index is 0.00274. The van der Waals surface area contributed by atoms with Gasteiger partial charge in [0, 0.05) is 5.92 Å². The summed E-state index contributed by atoms with van der Waals surface area (Å²) >= 11 is 0. The Morgan fingerprint density at radius 1 is 1.16 bits per heavy atom. The Bertz CT molecular complexity index is 343. The van der Waals surface area contributed by atoms with Crippen LogP contribution in [-0.4, -0.2) is 23.9 Å². The molecule has 0 aromatic rings. The van der Waals surface area contributed by atoms with Gasteiger partial charge in [-0.3, -0.25) is 4.79 Å². The number of hydrogen-bond donors (Lipinski definition) is 0. The van der Waals surface area contributed by atoms with E-state index in [-0.39, 0.29) is 24.9 Å². The maximum absolute atomic E-state index is 12.2. The molecule has 1 aliphatic carbocycles. The summed E-state index contributed by atoms with van der Waals surface area (Å²) in [5, 5.41) is 17.4. The van der Waals surface area contributed by atoms with Crippen molar-refractivity contribution in [3.63, 3.8) is 0 Å². The van der Waals surface area contributed by atoms with Crippen molar-refractivity contribution in [2.24, 2.45) is 11.8 Å². The van der Waals surface area contributed by atoms with E-state index in [0.29, 0.717) is 0 Å². The Balaban J connectivity index is 2.43. The second kappa shape index (κ2) is 8.53. The summed E-state index contributed by atoms with van der Waals surface area (Å²) in [5.41, 5.74) is 0. The van der Waals surface area contributed by atoms with Gasteiger partial charge in [-0.1, -0.05) is 26.2 Å². The van der Waals surface area contributed by atoms with Gasteiger partial charge in [-0.25, -0.2) is 0 Å². The fourth-order valence-electron chi connectivity index (χ4n) is 2.83. The number of carbonyl (C=O) groups is 1. The fourth-order valence-corrected chi connectivity index (χ4v) is 2.83. The highest BCUT2D eigenvalue weighted by Crippen LogP contribution is 2.32. The van der Waals surface area contributed by atoms with E-state index in [0.717, 1.165) is 31.6 Å². The van der Waals surface area contributed by atoms with Crippen LogP contribution in [0.25, 0.3) is 0 Å². The molecule has 0 unspecified atom stereocenters. The summed E-state index contributed by atoms with van der Waals surface area (Å²) in [6.45, 7) is 2.27. The van der Waals surface area contributed by atoms with E-state index in [1.54, 1.807) is 0 Å². The number of rotatable bonds is 6. The van der Waals surface area contributed by atoms with E-state index in [9.17, 15) is 4.79 Å². The molecule has 0 radical (unpaired) electrons. The van der Waals surface area contributed by atoms with Crippen molar-refractivity contribution in [2.45, 2.75) is 51.9 Å². The molecular formula is C15H23N3O. The van der Waals surface area contributed by atoms with Crippen LogP contribution in [0.5, 0.6) is 0 Å².